The molecule has 0 radical (unpaired) electrons. The van der Waals surface area contributed by atoms with Crippen molar-refractivity contribution in [2.45, 2.75) is 31.5 Å². The van der Waals surface area contributed by atoms with Crippen LogP contribution in [-0.2, 0) is 6.54 Å². The van der Waals surface area contributed by atoms with Crippen molar-refractivity contribution in [2.75, 3.05) is 12.4 Å². The summed E-state index contributed by atoms with van der Waals surface area (Å²) in [5.74, 6) is -0.874. The maximum Gasteiger partial charge on any atom is 0.573 e. The smallest absolute Gasteiger partial charge is 0.493 e. The number of rotatable bonds is 8. The van der Waals surface area contributed by atoms with E-state index in [2.05, 4.69) is 20.1 Å². The molecule has 1 unspecified atom stereocenters. The predicted molar refractivity (Wildman–Crippen MR) is 137 cm³/mol. The topological polar surface area (TPSA) is 93.1 Å². The van der Waals surface area contributed by atoms with Crippen molar-refractivity contribution in [3.05, 3.63) is 83.7 Å². The molecule has 0 aliphatic carbocycles. The van der Waals surface area contributed by atoms with E-state index in [0.29, 0.717) is 28.9 Å². The van der Waals surface area contributed by atoms with Crippen LogP contribution in [0.5, 0.6) is 11.5 Å². The molecule has 0 saturated heterocycles. The van der Waals surface area contributed by atoms with Gasteiger partial charge in [0.1, 0.15) is 0 Å². The van der Waals surface area contributed by atoms with Gasteiger partial charge in [0.25, 0.3) is 5.91 Å². The summed E-state index contributed by atoms with van der Waals surface area (Å²) in [4.78, 5) is 29.0. The Morgan fingerprint density at radius 3 is 2.53 bits per heavy atom. The van der Waals surface area contributed by atoms with Gasteiger partial charge in [-0.1, -0.05) is 30.8 Å². The number of alkyl halides is 3. The lowest BCUT2D eigenvalue weighted by atomic mass is 10.0. The highest BCUT2D eigenvalue weighted by atomic mass is 32.2. The Hall–Kier alpha value is -4.06. The van der Waals surface area contributed by atoms with Crippen molar-refractivity contribution in [3.63, 3.8) is 0 Å². The van der Waals surface area contributed by atoms with Crippen LogP contribution in [0, 0.1) is 0 Å². The van der Waals surface area contributed by atoms with Gasteiger partial charge in [0.15, 0.2) is 11.5 Å². The van der Waals surface area contributed by atoms with Gasteiger partial charge in [-0.2, -0.15) is 5.10 Å². The number of pyridine rings is 1. The summed E-state index contributed by atoms with van der Waals surface area (Å²) in [6.45, 7) is 2.00. The van der Waals surface area contributed by atoms with Crippen molar-refractivity contribution in [3.8, 4) is 11.5 Å². The van der Waals surface area contributed by atoms with Gasteiger partial charge < -0.3 is 14.8 Å². The molecule has 0 spiro atoms. The van der Waals surface area contributed by atoms with Crippen LogP contribution in [0.4, 0.5) is 23.7 Å². The van der Waals surface area contributed by atoms with E-state index in [1.807, 2.05) is 6.92 Å². The number of benzene rings is 2. The number of carbonyl (C=O) groups is 2. The summed E-state index contributed by atoms with van der Waals surface area (Å²) in [6, 6.07) is 14.4. The predicted octanol–water partition coefficient (Wildman–Crippen LogP) is 6.09. The van der Waals surface area contributed by atoms with Crippen molar-refractivity contribution >= 4 is 34.3 Å². The van der Waals surface area contributed by atoms with E-state index in [1.165, 1.54) is 30.4 Å². The molecule has 1 aliphatic heterocycles. The fourth-order valence-corrected chi connectivity index (χ4v) is 4.63. The van der Waals surface area contributed by atoms with Crippen LogP contribution in [0.25, 0.3) is 0 Å². The van der Waals surface area contributed by atoms with Crippen molar-refractivity contribution < 1.29 is 32.2 Å². The van der Waals surface area contributed by atoms with Crippen molar-refractivity contribution in [2.24, 2.45) is 5.10 Å². The Balaban J connectivity index is 1.54. The number of ether oxygens (including phenoxy) is 2. The van der Waals surface area contributed by atoms with E-state index >= 15 is 0 Å². The van der Waals surface area contributed by atoms with Gasteiger partial charge in [-0.05, 0) is 54.4 Å². The fraction of sp³-hybridized carbons (Fsp3) is 0.231. The first-order valence-electron chi connectivity index (χ1n) is 11.5. The van der Waals surface area contributed by atoms with Crippen molar-refractivity contribution in [1.29, 1.82) is 0 Å². The number of thioether (sulfide) groups is 1. The minimum absolute atomic E-state index is 0.0770. The zero-order chi connectivity index (χ0) is 27.3. The molecular weight excluding hydrogens is 521 g/mol. The first-order valence-corrected chi connectivity index (χ1v) is 12.4. The maximum absolute atomic E-state index is 12.9. The first kappa shape index (κ1) is 27.0. The van der Waals surface area contributed by atoms with E-state index in [1.54, 1.807) is 48.7 Å². The molecule has 0 bridgehead atoms. The minimum Gasteiger partial charge on any atom is -0.493 e. The second-order valence-electron chi connectivity index (χ2n) is 8.13. The molecule has 1 aromatic heterocycles. The molecular formula is C26H23F3N4O4S. The van der Waals surface area contributed by atoms with E-state index in [0.717, 1.165) is 17.3 Å². The SMILES string of the molecule is CCC1SC(=O)N(Cc2ccc(NC(=O)c3cccnc3)cc2)N=C1c1ccc(OC)c(OC(F)(F)F)c1. The zero-order valence-electron chi connectivity index (χ0n) is 20.4. The molecule has 3 aromatic rings. The lowest BCUT2D eigenvalue weighted by molar-refractivity contribution is -0.275. The van der Waals surface area contributed by atoms with Gasteiger partial charge in [-0.25, -0.2) is 5.01 Å². The van der Waals surface area contributed by atoms with Crippen LogP contribution in [0.1, 0.15) is 34.8 Å². The lowest BCUT2D eigenvalue weighted by Crippen LogP contribution is -2.34. The Bertz CT molecular complexity index is 1330. The molecule has 4 rings (SSSR count). The number of anilines is 1. The number of hydrogen-bond donors (Lipinski definition) is 1. The standard InChI is InChI=1S/C26H23F3N4O4S/c1-3-22-23(17-8-11-20(36-2)21(13-17)37-26(27,28)29)32-33(25(35)38-22)15-16-6-9-19(10-7-16)31-24(34)18-5-4-12-30-14-18/h4-14,22H,3,15H2,1-2H3,(H,31,34). The first-order chi connectivity index (χ1) is 18.2. The fourth-order valence-electron chi connectivity index (χ4n) is 3.70. The average molecular weight is 545 g/mol. The second kappa shape index (κ2) is 11.5. The quantitative estimate of drug-likeness (QED) is 0.369. The Kier molecular flexibility index (Phi) is 8.20. The van der Waals surface area contributed by atoms with Crippen LogP contribution in [0.15, 0.2) is 72.1 Å². The number of hydrogen-bond acceptors (Lipinski definition) is 7. The number of halogens is 3. The van der Waals surface area contributed by atoms with Crippen LogP contribution >= 0.6 is 11.8 Å². The average Bonchev–Trinajstić information content (AvgIpc) is 2.90. The van der Waals surface area contributed by atoms with Gasteiger partial charge in [0.05, 0.1) is 30.2 Å². The van der Waals surface area contributed by atoms with E-state index < -0.39 is 12.1 Å². The summed E-state index contributed by atoms with van der Waals surface area (Å²) in [7, 11) is 1.25. The molecule has 2 heterocycles. The summed E-state index contributed by atoms with van der Waals surface area (Å²) in [5, 5.41) is 7.92. The Labute approximate surface area is 220 Å². The summed E-state index contributed by atoms with van der Waals surface area (Å²) in [5.41, 5.74) is 2.56. The van der Waals surface area contributed by atoms with Crippen LogP contribution < -0.4 is 14.8 Å². The van der Waals surface area contributed by atoms with Crippen molar-refractivity contribution in [1.82, 2.24) is 9.99 Å². The van der Waals surface area contributed by atoms with E-state index in [4.69, 9.17) is 4.74 Å². The summed E-state index contributed by atoms with van der Waals surface area (Å²) < 4.78 is 47.9. The normalized spacial score (nSPS) is 15.6. The molecule has 1 atom stereocenters. The molecule has 2 amide bonds. The number of nitrogens with one attached hydrogen (secondary N) is 1. The molecule has 8 nitrogen and oxygen atoms in total. The monoisotopic (exact) mass is 544 g/mol. The van der Waals surface area contributed by atoms with Gasteiger partial charge >= 0.3 is 11.6 Å². The molecule has 0 fully saturated rings. The van der Waals surface area contributed by atoms with Gasteiger partial charge in [0, 0.05) is 23.6 Å². The summed E-state index contributed by atoms with van der Waals surface area (Å²) in [6.07, 6.45) is -1.32. The lowest BCUT2D eigenvalue weighted by Gasteiger charge is -2.28. The molecule has 12 heteroatoms. The minimum atomic E-state index is -4.90. The van der Waals surface area contributed by atoms with Crippen LogP contribution in [0.3, 0.4) is 0 Å². The number of methoxy groups -OCH3 is 1. The molecule has 2 aromatic carbocycles. The highest BCUT2D eigenvalue weighted by Crippen LogP contribution is 2.36. The third kappa shape index (κ3) is 6.62. The highest BCUT2D eigenvalue weighted by molar-refractivity contribution is 8.14. The third-order valence-electron chi connectivity index (χ3n) is 5.51. The summed E-state index contributed by atoms with van der Waals surface area (Å²) >= 11 is 1.05. The maximum atomic E-state index is 12.9. The molecule has 0 saturated carbocycles. The number of hydrazone groups is 1. The van der Waals surface area contributed by atoms with Crippen LogP contribution in [-0.4, -0.2) is 45.6 Å². The zero-order valence-corrected chi connectivity index (χ0v) is 21.2. The van der Waals surface area contributed by atoms with E-state index in [9.17, 15) is 22.8 Å². The van der Waals surface area contributed by atoms with Gasteiger partial charge in [0.2, 0.25) is 0 Å². The van der Waals surface area contributed by atoms with E-state index in [-0.39, 0.29) is 28.7 Å². The van der Waals surface area contributed by atoms with Crippen LogP contribution in [0.2, 0.25) is 0 Å². The molecule has 38 heavy (non-hydrogen) atoms. The third-order valence-corrected chi connectivity index (χ3v) is 6.76. The van der Waals surface area contributed by atoms with Gasteiger partial charge in [-0.15, -0.1) is 13.2 Å². The number of aromatic nitrogens is 1. The number of nitrogens with zero attached hydrogens (tertiary/aromatic N) is 3. The molecule has 198 valence electrons. The number of amides is 2. The largest absolute Gasteiger partial charge is 0.573 e. The Morgan fingerprint density at radius 2 is 1.89 bits per heavy atom. The van der Waals surface area contributed by atoms with Gasteiger partial charge in [-0.3, -0.25) is 14.6 Å². The number of carbonyl (C=O) groups excluding carboxylic acids is 2. The second-order valence-corrected chi connectivity index (χ2v) is 9.28. The Morgan fingerprint density at radius 1 is 1.13 bits per heavy atom. The highest BCUT2D eigenvalue weighted by Gasteiger charge is 2.34. The molecule has 1 aliphatic rings. The molecule has 1 N–H and O–H groups in total.